The lowest BCUT2D eigenvalue weighted by atomic mass is 10.1. The number of aryl methyl sites for hydroxylation is 2. The second kappa shape index (κ2) is 6.50. The van der Waals surface area contributed by atoms with Crippen molar-refractivity contribution < 1.29 is 4.79 Å². The Morgan fingerprint density at radius 1 is 1.10 bits per heavy atom. The maximum absolute atomic E-state index is 12.3. The quantitative estimate of drug-likeness (QED) is 0.851. The number of hydrogen-bond acceptors (Lipinski definition) is 2. The molecular weight excluding hydrogens is 280 g/mol. The number of carbonyl (C=O) groups is 1. The first-order chi connectivity index (χ1) is 9.97. The molecule has 0 unspecified atom stereocenters. The predicted molar refractivity (Wildman–Crippen MR) is 90.8 cm³/mol. The Kier molecular flexibility index (Phi) is 4.70. The summed E-state index contributed by atoms with van der Waals surface area (Å²) in [6.07, 6.45) is 0.550. The Labute approximate surface area is 130 Å². The third-order valence-electron chi connectivity index (χ3n) is 3.31. The molecule has 0 aliphatic heterocycles. The highest BCUT2D eigenvalue weighted by atomic mass is 32.1. The Balaban J connectivity index is 2.15. The van der Waals surface area contributed by atoms with E-state index in [9.17, 15) is 4.79 Å². The topological polar surface area (TPSA) is 55.1 Å². The van der Waals surface area contributed by atoms with Crippen molar-refractivity contribution in [3.8, 4) is 0 Å². The summed E-state index contributed by atoms with van der Waals surface area (Å²) >= 11 is 4.88. The highest BCUT2D eigenvalue weighted by molar-refractivity contribution is 7.80. The number of hydrogen-bond donors (Lipinski definition) is 2. The van der Waals surface area contributed by atoms with Crippen LogP contribution < -0.4 is 11.1 Å². The van der Waals surface area contributed by atoms with E-state index in [0.29, 0.717) is 17.0 Å². The second-order valence-corrected chi connectivity index (χ2v) is 5.59. The molecule has 3 nitrogen and oxygen atoms in total. The number of carbonyl (C=O) groups excluding carboxylic acids is 1. The Bertz CT molecular complexity index is 657. The zero-order valence-corrected chi connectivity index (χ0v) is 13.0. The highest BCUT2D eigenvalue weighted by Gasteiger charge is 2.09. The Morgan fingerprint density at radius 3 is 2.19 bits per heavy atom. The van der Waals surface area contributed by atoms with E-state index in [0.717, 1.165) is 22.4 Å². The fraction of sp³-hybridized carbons (Fsp3) is 0.176. The Hall–Kier alpha value is -2.20. The lowest BCUT2D eigenvalue weighted by Gasteiger charge is -2.11. The molecule has 0 aliphatic carbocycles. The maximum atomic E-state index is 12.3. The molecule has 0 spiro atoms. The van der Waals surface area contributed by atoms with Crippen LogP contribution in [0.3, 0.4) is 0 Å². The highest BCUT2D eigenvalue weighted by Crippen LogP contribution is 2.20. The first-order valence-corrected chi connectivity index (χ1v) is 7.13. The molecule has 2 aromatic rings. The van der Waals surface area contributed by atoms with Crippen LogP contribution in [0.5, 0.6) is 0 Å². The average Bonchev–Trinajstić information content (AvgIpc) is 2.43. The van der Waals surface area contributed by atoms with Crippen LogP contribution >= 0.6 is 12.2 Å². The number of amides is 1. The number of para-hydroxylation sites is 1. The van der Waals surface area contributed by atoms with Gasteiger partial charge in [0, 0.05) is 17.7 Å². The van der Waals surface area contributed by atoms with Crippen LogP contribution in [0.4, 0.5) is 5.69 Å². The zero-order valence-electron chi connectivity index (χ0n) is 12.1. The summed E-state index contributed by atoms with van der Waals surface area (Å²) in [4.78, 5) is 12.7. The molecule has 0 atom stereocenters. The van der Waals surface area contributed by atoms with Crippen LogP contribution in [0.2, 0.25) is 0 Å². The van der Waals surface area contributed by atoms with Gasteiger partial charge in [0.05, 0.1) is 4.99 Å². The van der Waals surface area contributed by atoms with E-state index in [-0.39, 0.29) is 5.91 Å². The van der Waals surface area contributed by atoms with E-state index in [2.05, 4.69) is 5.32 Å². The van der Waals surface area contributed by atoms with E-state index >= 15 is 0 Å². The SMILES string of the molecule is Cc1cccc(C)c1NC(=O)c1ccc(CC(N)=S)cc1. The van der Waals surface area contributed by atoms with Crippen LogP contribution in [0.1, 0.15) is 27.0 Å². The first kappa shape index (κ1) is 15.2. The minimum absolute atomic E-state index is 0.116. The molecule has 0 saturated heterocycles. The molecular formula is C17H18N2OS. The standard InChI is InChI=1S/C17H18N2OS/c1-11-4-3-5-12(2)16(11)19-17(20)14-8-6-13(7-9-14)10-15(18)21/h3-9H,10H2,1-2H3,(H2,18,21)(H,19,20). The van der Waals surface area contributed by atoms with Gasteiger partial charge in [0.25, 0.3) is 5.91 Å². The molecule has 3 N–H and O–H groups in total. The van der Waals surface area contributed by atoms with Gasteiger partial charge in [-0.2, -0.15) is 0 Å². The van der Waals surface area contributed by atoms with Gasteiger partial charge in [-0.15, -0.1) is 0 Å². The summed E-state index contributed by atoms with van der Waals surface area (Å²) in [6, 6.07) is 13.3. The van der Waals surface area contributed by atoms with Crippen molar-refractivity contribution in [1.82, 2.24) is 0 Å². The number of thiocarbonyl (C=S) groups is 1. The summed E-state index contributed by atoms with van der Waals surface area (Å²) in [7, 11) is 0. The van der Waals surface area contributed by atoms with Gasteiger partial charge in [-0.25, -0.2) is 0 Å². The van der Waals surface area contributed by atoms with E-state index in [1.807, 2.05) is 44.2 Å². The van der Waals surface area contributed by atoms with Gasteiger partial charge in [0.1, 0.15) is 0 Å². The van der Waals surface area contributed by atoms with Gasteiger partial charge in [0.2, 0.25) is 0 Å². The van der Waals surface area contributed by atoms with E-state index in [1.165, 1.54) is 0 Å². The van der Waals surface area contributed by atoms with E-state index in [1.54, 1.807) is 12.1 Å². The van der Waals surface area contributed by atoms with Crippen LogP contribution in [-0.4, -0.2) is 10.9 Å². The fourth-order valence-electron chi connectivity index (χ4n) is 2.17. The van der Waals surface area contributed by atoms with Gasteiger partial charge in [-0.3, -0.25) is 4.79 Å². The summed E-state index contributed by atoms with van der Waals surface area (Å²) in [5.41, 5.74) is 10.1. The van der Waals surface area contributed by atoms with Gasteiger partial charge < -0.3 is 11.1 Å². The largest absolute Gasteiger partial charge is 0.393 e. The molecule has 0 aromatic heterocycles. The van der Waals surface area contributed by atoms with Gasteiger partial charge in [-0.05, 0) is 42.7 Å². The number of benzene rings is 2. The van der Waals surface area contributed by atoms with Crippen LogP contribution in [0.25, 0.3) is 0 Å². The summed E-state index contributed by atoms with van der Waals surface area (Å²) < 4.78 is 0. The minimum Gasteiger partial charge on any atom is -0.393 e. The maximum Gasteiger partial charge on any atom is 0.255 e. The van der Waals surface area contributed by atoms with E-state index < -0.39 is 0 Å². The lowest BCUT2D eigenvalue weighted by molar-refractivity contribution is 0.102. The van der Waals surface area contributed by atoms with E-state index in [4.69, 9.17) is 18.0 Å². The molecule has 21 heavy (non-hydrogen) atoms. The number of anilines is 1. The van der Waals surface area contributed by atoms with Crippen LogP contribution in [-0.2, 0) is 6.42 Å². The molecule has 0 bridgehead atoms. The van der Waals surface area contributed by atoms with Crippen LogP contribution in [0.15, 0.2) is 42.5 Å². The molecule has 0 saturated carbocycles. The number of nitrogens with two attached hydrogens (primary N) is 1. The smallest absolute Gasteiger partial charge is 0.255 e. The predicted octanol–water partition coefficient (Wildman–Crippen LogP) is 3.38. The Morgan fingerprint density at radius 2 is 1.67 bits per heavy atom. The minimum atomic E-state index is -0.116. The van der Waals surface area contributed by atoms with Crippen molar-refractivity contribution in [2.75, 3.05) is 5.32 Å². The van der Waals surface area contributed by atoms with Gasteiger partial charge in [-0.1, -0.05) is 42.5 Å². The first-order valence-electron chi connectivity index (χ1n) is 6.72. The molecule has 0 heterocycles. The van der Waals surface area contributed by atoms with Gasteiger partial charge >= 0.3 is 0 Å². The molecule has 0 aliphatic rings. The molecule has 1 amide bonds. The second-order valence-electron chi connectivity index (χ2n) is 5.06. The van der Waals surface area contributed by atoms with Crippen molar-refractivity contribution in [1.29, 1.82) is 0 Å². The van der Waals surface area contributed by atoms with Crippen molar-refractivity contribution >= 4 is 28.8 Å². The third kappa shape index (κ3) is 3.89. The van der Waals surface area contributed by atoms with Crippen molar-refractivity contribution in [3.05, 3.63) is 64.7 Å². The fourth-order valence-corrected chi connectivity index (χ4v) is 2.34. The molecule has 4 heteroatoms. The number of rotatable bonds is 4. The molecule has 0 radical (unpaired) electrons. The molecule has 108 valence electrons. The van der Waals surface area contributed by atoms with Crippen molar-refractivity contribution in [3.63, 3.8) is 0 Å². The molecule has 2 rings (SSSR count). The summed E-state index contributed by atoms with van der Waals surface area (Å²) in [6.45, 7) is 3.96. The van der Waals surface area contributed by atoms with Gasteiger partial charge in [0.15, 0.2) is 0 Å². The summed E-state index contributed by atoms with van der Waals surface area (Å²) in [5, 5.41) is 2.97. The normalized spacial score (nSPS) is 10.2. The third-order valence-corrected chi connectivity index (χ3v) is 3.46. The molecule has 2 aromatic carbocycles. The molecule has 0 fully saturated rings. The lowest BCUT2D eigenvalue weighted by Crippen LogP contribution is -2.14. The average molecular weight is 298 g/mol. The monoisotopic (exact) mass is 298 g/mol. The van der Waals surface area contributed by atoms with Crippen molar-refractivity contribution in [2.45, 2.75) is 20.3 Å². The zero-order chi connectivity index (χ0) is 15.4. The van der Waals surface area contributed by atoms with Crippen molar-refractivity contribution in [2.24, 2.45) is 5.73 Å². The number of nitrogens with one attached hydrogen (secondary N) is 1. The van der Waals surface area contributed by atoms with Crippen LogP contribution in [0, 0.1) is 13.8 Å². The summed E-state index contributed by atoms with van der Waals surface area (Å²) in [5.74, 6) is -0.116.